The van der Waals surface area contributed by atoms with Crippen LogP contribution in [0.5, 0.6) is 0 Å². The molecule has 0 unspecified atom stereocenters. The summed E-state index contributed by atoms with van der Waals surface area (Å²) in [4.78, 5) is 12.0. The van der Waals surface area contributed by atoms with Gasteiger partial charge in [0.1, 0.15) is 0 Å². The molecule has 2 aromatic heterocycles. The summed E-state index contributed by atoms with van der Waals surface area (Å²) >= 11 is 5.08. The standard InChI is InChI=1S/C14H18BrN3O2S/c1-4-20-14(19)13-11(5-9(2)3)18(17-16-13)7-10-6-12(15)21-8-10/h6,8-9H,4-5,7H2,1-3H3. The highest BCUT2D eigenvalue weighted by atomic mass is 79.9. The van der Waals surface area contributed by atoms with E-state index >= 15 is 0 Å². The van der Waals surface area contributed by atoms with E-state index in [0.717, 1.165) is 21.5 Å². The van der Waals surface area contributed by atoms with Crippen molar-refractivity contribution in [3.05, 3.63) is 32.2 Å². The van der Waals surface area contributed by atoms with E-state index < -0.39 is 5.97 Å². The second-order valence-electron chi connectivity index (χ2n) is 5.12. The normalized spacial score (nSPS) is 11.1. The van der Waals surface area contributed by atoms with E-state index in [1.165, 1.54) is 0 Å². The molecule has 0 aliphatic carbocycles. The number of hydrogen-bond donors (Lipinski definition) is 0. The van der Waals surface area contributed by atoms with Gasteiger partial charge in [0.25, 0.3) is 0 Å². The van der Waals surface area contributed by atoms with Gasteiger partial charge in [0.2, 0.25) is 0 Å². The zero-order chi connectivity index (χ0) is 15.4. The molecule has 0 aliphatic rings. The lowest BCUT2D eigenvalue weighted by atomic mass is 10.1. The molecule has 0 radical (unpaired) electrons. The Labute approximate surface area is 136 Å². The second kappa shape index (κ2) is 7.17. The Kier molecular flexibility index (Phi) is 5.52. The van der Waals surface area contributed by atoms with Crippen LogP contribution >= 0.6 is 27.3 Å². The average Bonchev–Trinajstić information content (AvgIpc) is 2.97. The fourth-order valence-electron chi connectivity index (χ4n) is 2.01. The van der Waals surface area contributed by atoms with Gasteiger partial charge < -0.3 is 4.74 Å². The fraction of sp³-hybridized carbons (Fsp3) is 0.500. The van der Waals surface area contributed by atoms with Gasteiger partial charge in [-0.15, -0.1) is 16.4 Å². The first kappa shape index (κ1) is 16.2. The Morgan fingerprint density at radius 1 is 1.52 bits per heavy atom. The fourth-order valence-corrected chi connectivity index (χ4v) is 3.21. The molecule has 0 aromatic carbocycles. The van der Waals surface area contributed by atoms with Crippen LogP contribution in [0.2, 0.25) is 0 Å². The van der Waals surface area contributed by atoms with Crippen LogP contribution in [0.15, 0.2) is 15.2 Å². The third kappa shape index (κ3) is 4.14. The Morgan fingerprint density at radius 2 is 2.29 bits per heavy atom. The summed E-state index contributed by atoms with van der Waals surface area (Å²) in [5, 5.41) is 10.2. The first-order valence-electron chi connectivity index (χ1n) is 6.83. The predicted molar refractivity (Wildman–Crippen MR) is 85.6 cm³/mol. The summed E-state index contributed by atoms with van der Waals surface area (Å²) < 4.78 is 7.93. The third-order valence-corrected chi connectivity index (χ3v) is 4.42. The van der Waals surface area contributed by atoms with Gasteiger partial charge in [-0.05, 0) is 52.2 Å². The maximum atomic E-state index is 12.0. The maximum Gasteiger partial charge on any atom is 0.360 e. The van der Waals surface area contributed by atoms with Gasteiger partial charge in [0, 0.05) is 0 Å². The third-order valence-electron chi connectivity index (χ3n) is 2.86. The molecule has 0 spiro atoms. The van der Waals surface area contributed by atoms with Crippen molar-refractivity contribution in [3.8, 4) is 0 Å². The van der Waals surface area contributed by atoms with E-state index in [9.17, 15) is 4.79 Å². The van der Waals surface area contributed by atoms with Crippen molar-refractivity contribution in [1.82, 2.24) is 15.0 Å². The molecule has 0 atom stereocenters. The van der Waals surface area contributed by atoms with Gasteiger partial charge in [0.15, 0.2) is 5.69 Å². The number of aromatic nitrogens is 3. The molecule has 7 heteroatoms. The zero-order valence-corrected chi connectivity index (χ0v) is 14.7. The first-order chi connectivity index (χ1) is 10.0. The average molecular weight is 372 g/mol. The lowest BCUT2D eigenvalue weighted by Gasteiger charge is -2.09. The molecule has 2 aromatic rings. The molecule has 5 nitrogen and oxygen atoms in total. The van der Waals surface area contributed by atoms with E-state index in [1.807, 2.05) is 0 Å². The first-order valence-corrected chi connectivity index (χ1v) is 8.51. The molecule has 21 heavy (non-hydrogen) atoms. The molecule has 0 saturated heterocycles. The van der Waals surface area contributed by atoms with Crippen LogP contribution in [0.3, 0.4) is 0 Å². The Balaban J connectivity index is 2.29. The summed E-state index contributed by atoms with van der Waals surface area (Å²) in [6, 6.07) is 2.05. The van der Waals surface area contributed by atoms with Crippen molar-refractivity contribution >= 4 is 33.2 Å². The number of esters is 1. The van der Waals surface area contributed by atoms with Crippen molar-refractivity contribution in [2.24, 2.45) is 5.92 Å². The van der Waals surface area contributed by atoms with E-state index in [1.54, 1.807) is 22.9 Å². The number of carbonyl (C=O) groups excluding carboxylic acids is 1. The summed E-state index contributed by atoms with van der Waals surface area (Å²) in [6.45, 7) is 6.94. The van der Waals surface area contributed by atoms with E-state index in [0.29, 0.717) is 24.8 Å². The highest BCUT2D eigenvalue weighted by Crippen LogP contribution is 2.22. The van der Waals surface area contributed by atoms with Crippen molar-refractivity contribution in [2.45, 2.75) is 33.7 Å². The molecule has 2 rings (SSSR count). The van der Waals surface area contributed by atoms with Gasteiger partial charge in [0.05, 0.1) is 22.6 Å². The van der Waals surface area contributed by atoms with Crippen LogP contribution < -0.4 is 0 Å². The number of carbonyl (C=O) groups is 1. The SMILES string of the molecule is CCOC(=O)c1nnn(Cc2csc(Br)c2)c1CC(C)C. The van der Waals surface area contributed by atoms with E-state index in [-0.39, 0.29) is 0 Å². The smallest absolute Gasteiger partial charge is 0.360 e. The number of hydrogen-bond acceptors (Lipinski definition) is 5. The minimum atomic E-state index is -0.397. The molecular weight excluding hydrogens is 354 g/mol. The van der Waals surface area contributed by atoms with Crippen molar-refractivity contribution in [3.63, 3.8) is 0 Å². The summed E-state index contributed by atoms with van der Waals surface area (Å²) in [5.74, 6) is 0.00976. The van der Waals surface area contributed by atoms with Crippen molar-refractivity contribution in [2.75, 3.05) is 6.61 Å². The van der Waals surface area contributed by atoms with Gasteiger partial charge in [-0.2, -0.15) is 0 Å². The molecule has 0 amide bonds. The number of ether oxygens (including phenoxy) is 1. The van der Waals surface area contributed by atoms with Gasteiger partial charge in [-0.1, -0.05) is 19.1 Å². The van der Waals surface area contributed by atoms with Crippen molar-refractivity contribution < 1.29 is 9.53 Å². The summed E-state index contributed by atoms with van der Waals surface area (Å²) in [7, 11) is 0. The molecule has 0 aliphatic heterocycles. The number of thiophene rings is 1. The maximum absolute atomic E-state index is 12.0. The monoisotopic (exact) mass is 371 g/mol. The largest absolute Gasteiger partial charge is 0.461 e. The van der Waals surface area contributed by atoms with Gasteiger partial charge in [-0.25, -0.2) is 9.48 Å². The van der Waals surface area contributed by atoms with Crippen molar-refractivity contribution in [1.29, 1.82) is 0 Å². The van der Waals surface area contributed by atoms with Crippen LogP contribution in [0, 0.1) is 5.92 Å². The quantitative estimate of drug-likeness (QED) is 0.728. The predicted octanol–water partition coefficient (Wildman–Crippen LogP) is 3.53. The Bertz CT molecular complexity index is 622. The van der Waals surface area contributed by atoms with Crippen LogP contribution in [0.1, 0.15) is 42.5 Å². The minimum Gasteiger partial charge on any atom is -0.461 e. The Hall–Kier alpha value is -1.21. The van der Waals surface area contributed by atoms with Crippen LogP contribution in [-0.2, 0) is 17.7 Å². The number of nitrogens with zero attached hydrogens (tertiary/aromatic N) is 3. The molecular formula is C14H18BrN3O2S. The summed E-state index contributed by atoms with van der Waals surface area (Å²) in [6.07, 6.45) is 0.743. The molecule has 2 heterocycles. The lowest BCUT2D eigenvalue weighted by molar-refractivity contribution is 0.0517. The number of rotatable bonds is 6. The van der Waals surface area contributed by atoms with E-state index in [4.69, 9.17) is 4.74 Å². The van der Waals surface area contributed by atoms with Gasteiger partial charge in [-0.3, -0.25) is 0 Å². The van der Waals surface area contributed by atoms with Crippen LogP contribution in [0.4, 0.5) is 0 Å². The Morgan fingerprint density at radius 3 is 2.86 bits per heavy atom. The van der Waals surface area contributed by atoms with E-state index in [2.05, 4.69) is 51.5 Å². The highest BCUT2D eigenvalue weighted by Gasteiger charge is 2.21. The highest BCUT2D eigenvalue weighted by molar-refractivity contribution is 9.11. The topological polar surface area (TPSA) is 57.0 Å². The molecule has 0 saturated carbocycles. The molecule has 0 fully saturated rings. The molecule has 0 N–H and O–H groups in total. The van der Waals surface area contributed by atoms with Crippen LogP contribution in [0.25, 0.3) is 0 Å². The minimum absolute atomic E-state index is 0.333. The second-order valence-corrected chi connectivity index (χ2v) is 7.41. The van der Waals surface area contributed by atoms with Crippen LogP contribution in [-0.4, -0.2) is 27.6 Å². The molecule has 0 bridgehead atoms. The number of halogens is 1. The summed E-state index contributed by atoms with van der Waals surface area (Å²) in [5.41, 5.74) is 2.31. The molecule has 114 valence electrons. The van der Waals surface area contributed by atoms with Gasteiger partial charge >= 0.3 is 5.97 Å². The zero-order valence-electron chi connectivity index (χ0n) is 12.3. The lowest BCUT2D eigenvalue weighted by Crippen LogP contribution is -2.13.